The van der Waals surface area contributed by atoms with Crippen molar-refractivity contribution in [2.45, 2.75) is 25.0 Å². The molecule has 7 heteroatoms. The third kappa shape index (κ3) is 3.49. The Balaban J connectivity index is 1.45. The van der Waals surface area contributed by atoms with Gasteiger partial charge in [-0.3, -0.25) is 9.69 Å². The Morgan fingerprint density at radius 1 is 1.22 bits per heavy atom. The molecule has 2 aromatic carbocycles. The van der Waals surface area contributed by atoms with Crippen molar-refractivity contribution in [2.75, 3.05) is 25.5 Å². The van der Waals surface area contributed by atoms with Crippen molar-refractivity contribution in [3.05, 3.63) is 52.0 Å². The number of para-hydroxylation sites is 1. The van der Waals surface area contributed by atoms with Crippen molar-refractivity contribution in [2.24, 2.45) is 0 Å². The fourth-order valence-corrected chi connectivity index (χ4v) is 4.19. The summed E-state index contributed by atoms with van der Waals surface area (Å²) >= 11 is 3.42. The molecule has 0 aliphatic carbocycles. The van der Waals surface area contributed by atoms with Crippen molar-refractivity contribution < 1.29 is 14.6 Å². The number of phenols is 1. The fourth-order valence-electron chi connectivity index (χ4n) is 3.83. The maximum atomic E-state index is 12.6. The van der Waals surface area contributed by atoms with Gasteiger partial charge in [-0.15, -0.1) is 0 Å². The molecular formula is C20H22BrN3O3. The molecule has 0 atom stereocenters. The van der Waals surface area contributed by atoms with Crippen LogP contribution in [0.3, 0.4) is 0 Å². The number of amides is 1. The summed E-state index contributed by atoms with van der Waals surface area (Å²) in [6.45, 7) is 2.28. The molecule has 1 spiro atoms. The summed E-state index contributed by atoms with van der Waals surface area (Å²) < 4.78 is 6.08. The number of rotatable bonds is 3. The van der Waals surface area contributed by atoms with Crippen LogP contribution in [0.2, 0.25) is 0 Å². The Bertz CT molecular complexity index is 879. The number of carbonyl (C=O) groups is 1. The smallest absolute Gasteiger partial charge is 0.255 e. The predicted octanol–water partition coefficient (Wildman–Crippen LogP) is 3.31. The molecule has 142 valence electrons. The number of hydrogen-bond acceptors (Lipinski definition) is 5. The normalized spacial score (nSPS) is 18.5. The van der Waals surface area contributed by atoms with Gasteiger partial charge in [0.2, 0.25) is 0 Å². The maximum Gasteiger partial charge on any atom is 0.255 e. The number of ether oxygens (including phenoxy) is 1. The molecule has 27 heavy (non-hydrogen) atoms. The van der Waals surface area contributed by atoms with Crippen LogP contribution in [0.1, 0.15) is 28.8 Å². The van der Waals surface area contributed by atoms with E-state index in [4.69, 9.17) is 4.74 Å². The van der Waals surface area contributed by atoms with Crippen molar-refractivity contribution in [1.29, 1.82) is 0 Å². The highest BCUT2D eigenvalue weighted by atomic mass is 79.9. The van der Waals surface area contributed by atoms with E-state index in [9.17, 15) is 9.90 Å². The first-order chi connectivity index (χ1) is 13.0. The van der Waals surface area contributed by atoms with Crippen molar-refractivity contribution >= 4 is 27.5 Å². The molecule has 0 bridgehead atoms. The van der Waals surface area contributed by atoms with E-state index in [0.29, 0.717) is 17.9 Å². The fraction of sp³-hybridized carbons (Fsp3) is 0.350. The average molecular weight is 432 g/mol. The van der Waals surface area contributed by atoms with Gasteiger partial charge in [0, 0.05) is 48.2 Å². The summed E-state index contributed by atoms with van der Waals surface area (Å²) in [5, 5.41) is 17.0. The highest BCUT2D eigenvalue weighted by Gasteiger charge is 2.40. The van der Waals surface area contributed by atoms with E-state index < -0.39 is 5.66 Å². The number of methoxy groups -OCH3 is 1. The van der Waals surface area contributed by atoms with Gasteiger partial charge in [-0.25, -0.2) is 0 Å². The van der Waals surface area contributed by atoms with Crippen LogP contribution < -0.4 is 15.4 Å². The van der Waals surface area contributed by atoms with Gasteiger partial charge in [-0.2, -0.15) is 0 Å². The molecule has 1 fully saturated rings. The molecule has 2 aliphatic heterocycles. The number of carbonyl (C=O) groups excluding carboxylic acids is 1. The van der Waals surface area contributed by atoms with E-state index in [0.717, 1.165) is 41.7 Å². The molecule has 1 saturated heterocycles. The molecule has 2 aromatic rings. The lowest BCUT2D eigenvalue weighted by atomic mass is 9.92. The number of hydrogen-bond donors (Lipinski definition) is 3. The largest absolute Gasteiger partial charge is 0.504 e. The SMILES string of the molecule is COc1cccc(CN2CCC3(CC2)NC(=O)c2cc(Br)ccc2N3)c1O. The third-order valence-electron chi connectivity index (χ3n) is 5.36. The summed E-state index contributed by atoms with van der Waals surface area (Å²) in [6.07, 6.45) is 1.58. The monoisotopic (exact) mass is 431 g/mol. The van der Waals surface area contributed by atoms with Crippen LogP contribution in [0.5, 0.6) is 11.5 Å². The molecule has 4 rings (SSSR count). The quantitative estimate of drug-likeness (QED) is 0.694. The van der Waals surface area contributed by atoms with Crippen LogP contribution in [-0.4, -0.2) is 41.8 Å². The van der Waals surface area contributed by atoms with Crippen LogP contribution >= 0.6 is 15.9 Å². The van der Waals surface area contributed by atoms with Gasteiger partial charge in [0.05, 0.1) is 12.7 Å². The number of anilines is 1. The van der Waals surface area contributed by atoms with Crippen LogP contribution in [0.15, 0.2) is 40.9 Å². The van der Waals surface area contributed by atoms with Crippen molar-refractivity contribution in [3.63, 3.8) is 0 Å². The predicted molar refractivity (Wildman–Crippen MR) is 107 cm³/mol. The Kier molecular flexibility index (Phi) is 4.74. The number of nitrogens with zero attached hydrogens (tertiary/aromatic N) is 1. The number of phenolic OH excluding ortho intramolecular Hbond substituents is 1. The number of benzene rings is 2. The zero-order valence-corrected chi connectivity index (χ0v) is 16.7. The molecule has 0 radical (unpaired) electrons. The zero-order chi connectivity index (χ0) is 19.0. The molecule has 0 aromatic heterocycles. The van der Waals surface area contributed by atoms with Crippen LogP contribution in [0, 0.1) is 0 Å². The van der Waals surface area contributed by atoms with E-state index in [1.165, 1.54) is 0 Å². The molecule has 6 nitrogen and oxygen atoms in total. The highest BCUT2D eigenvalue weighted by Crippen LogP contribution is 2.34. The van der Waals surface area contributed by atoms with E-state index in [1.54, 1.807) is 13.2 Å². The summed E-state index contributed by atoms with van der Waals surface area (Å²) in [5.41, 5.74) is 1.98. The van der Waals surface area contributed by atoms with E-state index >= 15 is 0 Å². The number of aromatic hydroxyl groups is 1. The molecular weight excluding hydrogens is 410 g/mol. The Morgan fingerprint density at radius 3 is 2.74 bits per heavy atom. The molecule has 3 N–H and O–H groups in total. The number of nitrogens with one attached hydrogen (secondary N) is 2. The van der Waals surface area contributed by atoms with Gasteiger partial charge in [-0.05, 0) is 24.3 Å². The molecule has 0 saturated carbocycles. The molecule has 1 amide bonds. The second-order valence-electron chi connectivity index (χ2n) is 7.10. The molecule has 0 unspecified atom stereocenters. The topological polar surface area (TPSA) is 73.8 Å². The van der Waals surface area contributed by atoms with Gasteiger partial charge in [0.1, 0.15) is 5.66 Å². The van der Waals surface area contributed by atoms with Gasteiger partial charge in [0.15, 0.2) is 11.5 Å². The van der Waals surface area contributed by atoms with Crippen LogP contribution in [-0.2, 0) is 6.54 Å². The van der Waals surface area contributed by atoms with E-state index in [1.807, 2.05) is 30.3 Å². The lowest BCUT2D eigenvalue weighted by molar-refractivity contribution is 0.0821. The summed E-state index contributed by atoms with van der Waals surface area (Å²) in [7, 11) is 1.55. The minimum Gasteiger partial charge on any atom is -0.504 e. The highest BCUT2D eigenvalue weighted by molar-refractivity contribution is 9.10. The summed E-state index contributed by atoms with van der Waals surface area (Å²) in [6, 6.07) is 11.3. The third-order valence-corrected chi connectivity index (χ3v) is 5.85. The number of likely N-dealkylation sites (tertiary alicyclic amines) is 1. The van der Waals surface area contributed by atoms with Gasteiger partial charge in [0.25, 0.3) is 5.91 Å². The lowest BCUT2D eigenvalue weighted by Gasteiger charge is -2.46. The zero-order valence-electron chi connectivity index (χ0n) is 15.1. The van der Waals surface area contributed by atoms with Crippen molar-refractivity contribution in [1.82, 2.24) is 10.2 Å². The number of piperidine rings is 1. The second kappa shape index (κ2) is 7.05. The minimum absolute atomic E-state index is 0.0380. The van der Waals surface area contributed by atoms with Crippen LogP contribution in [0.25, 0.3) is 0 Å². The first-order valence-corrected chi connectivity index (χ1v) is 9.76. The van der Waals surface area contributed by atoms with E-state index in [2.05, 4.69) is 31.5 Å². The average Bonchev–Trinajstić information content (AvgIpc) is 2.66. The number of fused-ring (bicyclic) bond motifs is 1. The lowest BCUT2D eigenvalue weighted by Crippen LogP contribution is -2.62. The Morgan fingerprint density at radius 2 is 2.00 bits per heavy atom. The van der Waals surface area contributed by atoms with Gasteiger partial charge >= 0.3 is 0 Å². The summed E-state index contributed by atoms with van der Waals surface area (Å²) in [5.74, 6) is 0.651. The maximum absolute atomic E-state index is 12.6. The molecule has 2 aliphatic rings. The standard InChI is InChI=1S/C20H22BrN3O3/c1-27-17-4-2-3-13(18(17)25)12-24-9-7-20(8-10-24)22-16-6-5-14(21)11-15(16)19(26)23-20/h2-6,11,22,25H,7-10,12H2,1H3,(H,23,26). The first kappa shape index (κ1) is 18.1. The summed E-state index contributed by atoms with van der Waals surface area (Å²) in [4.78, 5) is 14.8. The molecule has 2 heterocycles. The van der Waals surface area contributed by atoms with Crippen LogP contribution in [0.4, 0.5) is 5.69 Å². The Labute approximate surface area is 166 Å². The number of halogens is 1. The van der Waals surface area contributed by atoms with Gasteiger partial charge < -0.3 is 20.5 Å². The second-order valence-corrected chi connectivity index (χ2v) is 8.01. The first-order valence-electron chi connectivity index (χ1n) is 8.97. The van der Waals surface area contributed by atoms with Crippen molar-refractivity contribution in [3.8, 4) is 11.5 Å². The Hall–Kier alpha value is -2.25. The van der Waals surface area contributed by atoms with Gasteiger partial charge in [-0.1, -0.05) is 28.1 Å². The van der Waals surface area contributed by atoms with E-state index in [-0.39, 0.29) is 11.7 Å². The minimum atomic E-state index is -0.412.